The van der Waals surface area contributed by atoms with Crippen molar-refractivity contribution >= 4 is 5.69 Å². The number of rotatable bonds is 1. The third-order valence-electron chi connectivity index (χ3n) is 2.99. The van der Waals surface area contributed by atoms with Gasteiger partial charge >= 0.3 is 0 Å². The zero-order chi connectivity index (χ0) is 13.3. The maximum absolute atomic E-state index is 11.7. The van der Waals surface area contributed by atoms with Crippen LogP contribution in [-0.4, -0.2) is 4.98 Å². The molecule has 2 aromatic rings. The number of aromatic nitrogens is 1. The summed E-state index contributed by atoms with van der Waals surface area (Å²) in [6.45, 7) is 6.49. The van der Waals surface area contributed by atoms with Gasteiger partial charge in [0.15, 0.2) is 0 Å². The van der Waals surface area contributed by atoms with E-state index in [1.807, 2.05) is 12.1 Å². The lowest BCUT2D eigenvalue weighted by Crippen LogP contribution is -2.11. The Balaban J connectivity index is 2.47. The van der Waals surface area contributed by atoms with E-state index >= 15 is 0 Å². The molecule has 0 atom stereocenters. The lowest BCUT2D eigenvalue weighted by atomic mass is 9.86. The maximum Gasteiger partial charge on any atom is 0.255 e. The summed E-state index contributed by atoms with van der Waals surface area (Å²) in [7, 11) is 0. The zero-order valence-corrected chi connectivity index (χ0v) is 10.9. The molecule has 0 aliphatic heterocycles. The molecule has 3 heteroatoms. The number of hydrogen-bond donors (Lipinski definition) is 2. The summed E-state index contributed by atoms with van der Waals surface area (Å²) < 4.78 is 0. The second-order valence-corrected chi connectivity index (χ2v) is 5.50. The predicted octanol–water partition coefficient (Wildman–Crippen LogP) is 2.92. The standard InChI is InChI=1S/C15H18N2O/c1-15(2,3)11-6-4-10(5-7-11)13-8-12(16)9-17-14(13)18/h4-9H,16H2,1-3H3,(H,17,18). The molecular formula is C15H18N2O. The Morgan fingerprint density at radius 2 is 1.72 bits per heavy atom. The summed E-state index contributed by atoms with van der Waals surface area (Å²) in [5, 5.41) is 0. The van der Waals surface area contributed by atoms with Crippen LogP contribution in [-0.2, 0) is 5.41 Å². The van der Waals surface area contributed by atoms with Gasteiger partial charge in [-0.1, -0.05) is 45.0 Å². The normalized spacial score (nSPS) is 11.5. The minimum atomic E-state index is -0.118. The summed E-state index contributed by atoms with van der Waals surface area (Å²) >= 11 is 0. The Kier molecular flexibility index (Phi) is 2.99. The molecule has 1 heterocycles. The minimum absolute atomic E-state index is 0.112. The molecule has 0 bridgehead atoms. The first kappa shape index (κ1) is 12.4. The van der Waals surface area contributed by atoms with Crippen LogP contribution in [0, 0.1) is 0 Å². The summed E-state index contributed by atoms with van der Waals surface area (Å²) in [5.74, 6) is 0. The monoisotopic (exact) mass is 242 g/mol. The Hall–Kier alpha value is -2.03. The van der Waals surface area contributed by atoms with Crippen LogP contribution in [0.4, 0.5) is 5.69 Å². The number of hydrogen-bond acceptors (Lipinski definition) is 2. The van der Waals surface area contributed by atoms with E-state index in [1.54, 1.807) is 6.07 Å². The van der Waals surface area contributed by atoms with Crippen molar-refractivity contribution in [3.63, 3.8) is 0 Å². The van der Waals surface area contributed by atoms with Crippen LogP contribution in [0.25, 0.3) is 11.1 Å². The van der Waals surface area contributed by atoms with Crippen LogP contribution in [0.3, 0.4) is 0 Å². The second kappa shape index (κ2) is 4.33. The second-order valence-electron chi connectivity index (χ2n) is 5.50. The van der Waals surface area contributed by atoms with Gasteiger partial charge in [-0.3, -0.25) is 4.79 Å². The van der Waals surface area contributed by atoms with Gasteiger partial charge in [0, 0.05) is 17.4 Å². The largest absolute Gasteiger partial charge is 0.398 e. The van der Waals surface area contributed by atoms with Crippen molar-refractivity contribution in [3.05, 3.63) is 52.4 Å². The lowest BCUT2D eigenvalue weighted by Gasteiger charge is -2.19. The first-order valence-corrected chi connectivity index (χ1v) is 5.97. The minimum Gasteiger partial charge on any atom is -0.398 e. The Bertz CT molecular complexity index is 604. The van der Waals surface area contributed by atoms with Gasteiger partial charge in [-0.2, -0.15) is 0 Å². The number of nitrogens with two attached hydrogens (primary N) is 1. The molecule has 0 radical (unpaired) electrons. The lowest BCUT2D eigenvalue weighted by molar-refractivity contribution is 0.590. The number of benzene rings is 1. The van der Waals surface area contributed by atoms with E-state index in [1.165, 1.54) is 11.8 Å². The van der Waals surface area contributed by atoms with E-state index in [4.69, 9.17) is 5.73 Å². The molecule has 0 fully saturated rings. The van der Waals surface area contributed by atoms with Gasteiger partial charge in [-0.25, -0.2) is 0 Å². The predicted molar refractivity (Wildman–Crippen MR) is 75.6 cm³/mol. The van der Waals surface area contributed by atoms with Crippen molar-refractivity contribution in [2.24, 2.45) is 0 Å². The molecule has 0 aliphatic carbocycles. The molecule has 0 aliphatic rings. The highest BCUT2D eigenvalue weighted by molar-refractivity contribution is 5.66. The molecule has 0 saturated heterocycles. The van der Waals surface area contributed by atoms with Crippen LogP contribution in [0.15, 0.2) is 41.3 Å². The fourth-order valence-corrected chi connectivity index (χ4v) is 1.86. The van der Waals surface area contributed by atoms with Crippen LogP contribution in [0.5, 0.6) is 0 Å². The summed E-state index contributed by atoms with van der Waals surface area (Å²) in [6.07, 6.45) is 1.51. The van der Waals surface area contributed by atoms with Gasteiger partial charge in [0.2, 0.25) is 0 Å². The molecule has 0 saturated carbocycles. The number of nitrogens with one attached hydrogen (secondary N) is 1. The quantitative estimate of drug-likeness (QED) is 0.807. The third-order valence-corrected chi connectivity index (χ3v) is 2.99. The highest BCUT2D eigenvalue weighted by Crippen LogP contribution is 2.25. The molecule has 94 valence electrons. The average molecular weight is 242 g/mol. The van der Waals surface area contributed by atoms with Gasteiger partial charge in [-0.15, -0.1) is 0 Å². The smallest absolute Gasteiger partial charge is 0.255 e. The third kappa shape index (κ3) is 2.45. The van der Waals surface area contributed by atoms with Gasteiger partial charge in [0.1, 0.15) is 0 Å². The summed E-state index contributed by atoms with van der Waals surface area (Å²) in [6, 6.07) is 9.73. The van der Waals surface area contributed by atoms with Crippen molar-refractivity contribution in [3.8, 4) is 11.1 Å². The van der Waals surface area contributed by atoms with Gasteiger partial charge in [0.05, 0.1) is 0 Å². The van der Waals surface area contributed by atoms with E-state index in [9.17, 15) is 4.79 Å². The fourth-order valence-electron chi connectivity index (χ4n) is 1.86. The van der Waals surface area contributed by atoms with Gasteiger partial charge < -0.3 is 10.7 Å². The highest BCUT2D eigenvalue weighted by Gasteiger charge is 2.13. The van der Waals surface area contributed by atoms with Gasteiger partial charge in [0.25, 0.3) is 5.56 Å². The first-order valence-electron chi connectivity index (χ1n) is 5.97. The van der Waals surface area contributed by atoms with Crippen molar-refractivity contribution < 1.29 is 0 Å². The molecule has 1 aromatic carbocycles. The van der Waals surface area contributed by atoms with Crippen molar-refractivity contribution in [2.75, 3.05) is 5.73 Å². The number of anilines is 1. The average Bonchev–Trinajstić information content (AvgIpc) is 2.31. The number of pyridine rings is 1. The van der Waals surface area contributed by atoms with E-state index in [0.29, 0.717) is 11.3 Å². The maximum atomic E-state index is 11.7. The number of H-pyrrole nitrogens is 1. The van der Waals surface area contributed by atoms with Crippen molar-refractivity contribution in [2.45, 2.75) is 26.2 Å². The SMILES string of the molecule is CC(C)(C)c1ccc(-c2cc(N)c[nH]c2=O)cc1. The molecule has 0 spiro atoms. The molecule has 3 nitrogen and oxygen atoms in total. The zero-order valence-electron chi connectivity index (χ0n) is 10.9. The van der Waals surface area contributed by atoms with E-state index in [2.05, 4.69) is 37.9 Å². The molecular weight excluding hydrogens is 224 g/mol. The molecule has 2 rings (SSSR count). The van der Waals surface area contributed by atoms with Crippen LogP contribution >= 0.6 is 0 Å². The Morgan fingerprint density at radius 1 is 1.11 bits per heavy atom. The van der Waals surface area contributed by atoms with Crippen LogP contribution in [0.2, 0.25) is 0 Å². The summed E-state index contributed by atoms with van der Waals surface area (Å²) in [4.78, 5) is 14.4. The molecule has 18 heavy (non-hydrogen) atoms. The fraction of sp³-hybridized carbons (Fsp3) is 0.267. The van der Waals surface area contributed by atoms with Crippen molar-refractivity contribution in [1.82, 2.24) is 4.98 Å². The van der Waals surface area contributed by atoms with Gasteiger partial charge in [-0.05, 0) is 22.6 Å². The Labute approximate surface area is 107 Å². The number of aromatic amines is 1. The van der Waals surface area contributed by atoms with E-state index in [-0.39, 0.29) is 11.0 Å². The van der Waals surface area contributed by atoms with E-state index < -0.39 is 0 Å². The van der Waals surface area contributed by atoms with Crippen molar-refractivity contribution in [1.29, 1.82) is 0 Å². The van der Waals surface area contributed by atoms with Crippen LogP contribution in [0.1, 0.15) is 26.3 Å². The molecule has 3 N–H and O–H groups in total. The van der Waals surface area contributed by atoms with Crippen LogP contribution < -0.4 is 11.3 Å². The summed E-state index contributed by atoms with van der Waals surface area (Å²) in [5.41, 5.74) is 8.98. The molecule has 0 amide bonds. The number of nitrogen functional groups attached to an aromatic ring is 1. The van der Waals surface area contributed by atoms with E-state index in [0.717, 1.165) is 5.56 Å². The first-order chi connectivity index (χ1) is 8.38. The molecule has 0 unspecified atom stereocenters. The topological polar surface area (TPSA) is 58.9 Å². The Morgan fingerprint density at radius 3 is 2.28 bits per heavy atom. The molecule has 1 aromatic heterocycles. The highest BCUT2D eigenvalue weighted by atomic mass is 16.1.